The molecule has 0 aromatic carbocycles. The molecule has 0 spiro atoms. The fourth-order valence-electron chi connectivity index (χ4n) is 1.57. The zero-order valence-electron chi connectivity index (χ0n) is 8.22. The van der Waals surface area contributed by atoms with Crippen molar-refractivity contribution in [3.63, 3.8) is 0 Å². The smallest absolute Gasteiger partial charge is 0.114 e. The van der Waals surface area contributed by atoms with Gasteiger partial charge in [-0.25, -0.2) is 0 Å². The summed E-state index contributed by atoms with van der Waals surface area (Å²) in [6.45, 7) is 0.807. The maximum Gasteiger partial charge on any atom is 0.114 e. The van der Waals surface area contributed by atoms with Gasteiger partial charge in [-0.15, -0.1) is 11.3 Å². The highest BCUT2D eigenvalue weighted by atomic mass is 79.9. The molecule has 5 heteroatoms. The molecule has 1 atom stereocenters. The van der Waals surface area contributed by atoms with E-state index in [2.05, 4.69) is 49.3 Å². The van der Waals surface area contributed by atoms with Gasteiger partial charge in [0.25, 0.3) is 0 Å². The molecule has 0 bridgehead atoms. The van der Waals surface area contributed by atoms with Crippen LogP contribution in [-0.4, -0.2) is 13.7 Å². The molecule has 82 valence electrons. The first-order chi connectivity index (χ1) is 7.22. The Kier molecular flexibility index (Phi) is 3.88. The van der Waals surface area contributed by atoms with Crippen LogP contribution < -0.4 is 5.32 Å². The van der Waals surface area contributed by atoms with E-state index in [0.29, 0.717) is 0 Å². The molecule has 1 aromatic rings. The third-order valence-corrected chi connectivity index (χ3v) is 5.58. The molecule has 0 fully saturated rings. The summed E-state index contributed by atoms with van der Waals surface area (Å²) in [6, 6.07) is 2.30. The average molecular weight is 353 g/mol. The van der Waals surface area contributed by atoms with Crippen molar-refractivity contribution in [3.05, 3.63) is 31.0 Å². The predicted molar refractivity (Wildman–Crippen MR) is 70.2 cm³/mol. The second-order valence-electron chi connectivity index (χ2n) is 3.24. The summed E-state index contributed by atoms with van der Waals surface area (Å²) < 4.78 is 7.80. The number of nitrogens with one attached hydrogen (secondary N) is 1. The van der Waals surface area contributed by atoms with Gasteiger partial charge in [-0.1, -0.05) is 0 Å². The van der Waals surface area contributed by atoms with E-state index in [1.807, 2.05) is 7.05 Å². The standard InChI is InChI=1S/C10H11Br2NOS/c1-13-9(7-3-2-4-14-7)8-5-6(11)10(12)15-8/h3,5,9,13H,2,4H2,1H3. The molecule has 0 saturated heterocycles. The first-order valence-electron chi connectivity index (χ1n) is 4.67. The van der Waals surface area contributed by atoms with Crippen molar-refractivity contribution in [2.45, 2.75) is 12.5 Å². The zero-order chi connectivity index (χ0) is 10.8. The van der Waals surface area contributed by atoms with E-state index in [1.165, 1.54) is 4.88 Å². The van der Waals surface area contributed by atoms with Crippen LogP contribution in [0, 0.1) is 0 Å². The van der Waals surface area contributed by atoms with E-state index in [0.717, 1.165) is 27.0 Å². The van der Waals surface area contributed by atoms with Gasteiger partial charge in [0, 0.05) is 15.8 Å². The van der Waals surface area contributed by atoms with Gasteiger partial charge in [0.05, 0.1) is 16.4 Å². The molecule has 1 aromatic heterocycles. The van der Waals surface area contributed by atoms with Crippen molar-refractivity contribution in [2.75, 3.05) is 13.7 Å². The van der Waals surface area contributed by atoms with E-state index in [4.69, 9.17) is 4.74 Å². The van der Waals surface area contributed by atoms with Crippen LogP contribution in [0.1, 0.15) is 17.3 Å². The summed E-state index contributed by atoms with van der Waals surface area (Å²) in [4.78, 5) is 1.25. The number of halogens is 2. The lowest BCUT2D eigenvalue weighted by Crippen LogP contribution is -2.17. The number of thiophene rings is 1. The Bertz CT molecular complexity index is 369. The number of rotatable bonds is 3. The van der Waals surface area contributed by atoms with Crippen LogP contribution >= 0.6 is 43.2 Å². The minimum atomic E-state index is 0.181. The van der Waals surface area contributed by atoms with Crippen molar-refractivity contribution in [1.29, 1.82) is 0 Å². The predicted octanol–water partition coefficient (Wildman–Crippen LogP) is 3.84. The molecule has 0 amide bonds. The van der Waals surface area contributed by atoms with Crippen LogP contribution in [0.2, 0.25) is 0 Å². The van der Waals surface area contributed by atoms with Gasteiger partial charge < -0.3 is 10.1 Å². The molecule has 2 heterocycles. The van der Waals surface area contributed by atoms with Crippen LogP contribution in [0.5, 0.6) is 0 Å². The van der Waals surface area contributed by atoms with Gasteiger partial charge in [0.2, 0.25) is 0 Å². The van der Waals surface area contributed by atoms with Crippen LogP contribution in [-0.2, 0) is 4.74 Å². The SMILES string of the molecule is CNC(C1=CCCO1)c1cc(Br)c(Br)s1. The first kappa shape index (κ1) is 11.6. The normalized spacial score (nSPS) is 17.4. The summed E-state index contributed by atoms with van der Waals surface area (Å²) >= 11 is 8.72. The number of ether oxygens (including phenoxy) is 1. The van der Waals surface area contributed by atoms with E-state index >= 15 is 0 Å². The lowest BCUT2D eigenvalue weighted by molar-refractivity contribution is 0.219. The highest BCUT2D eigenvalue weighted by Crippen LogP contribution is 2.38. The van der Waals surface area contributed by atoms with Crippen molar-refractivity contribution in [2.24, 2.45) is 0 Å². The summed E-state index contributed by atoms with van der Waals surface area (Å²) in [7, 11) is 1.95. The van der Waals surface area contributed by atoms with Crippen LogP contribution in [0.15, 0.2) is 26.2 Å². The Hall–Kier alpha value is 0.160. The van der Waals surface area contributed by atoms with Crippen molar-refractivity contribution < 1.29 is 4.74 Å². The summed E-state index contributed by atoms with van der Waals surface area (Å²) in [5, 5.41) is 3.28. The van der Waals surface area contributed by atoms with Gasteiger partial charge in [0.15, 0.2) is 0 Å². The number of hydrogen-bond donors (Lipinski definition) is 1. The van der Waals surface area contributed by atoms with Gasteiger partial charge in [-0.2, -0.15) is 0 Å². The van der Waals surface area contributed by atoms with E-state index < -0.39 is 0 Å². The minimum absolute atomic E-state index is 0.181. The Labute approximate surface area is 110 Å². The molecular weight excluding hydrogens is 342 g/mol. The van der Waals surface area contributed by atoms with E-state index in [9.17, 15) is 0 Å². The third-order valence-electron chi connectivity index (χ3n) is 2.25. The molecule has 1 unspecified atom stereocenters. The van der Waals surface area contributed by atoms with Gasteiger partial charge in [0.1, 0.15) is 5.76 Å². The van der Waals surface area contributed by atoms with Gasteiger partial charge in [-0.05, 0) is 51.0 Å². The topological polar surface area (TPSA) is 21.3 Å². The lowest BCUT2D eigenvalue weighted by atomic mass is 10.2. The molecule has 2 rings (SSSR count). The Morgan fingerprint density at radius 3 is 2.80 bits per heavy atom. The minimum Gasteiger partial charge on any atom is -0.496 e. The molecule has 0 aliphatic carbocycles. The maximum atomic E-state index is 5.58. The first-order valence-corrected chi connectivity index (χ1v) is 7.07. The van der Waals surface area contributed by atoms with Gasteiger partial charge >= 0.3 is 0 Å². The van der Waals surface area contributed by atoms with Crippen molar-refractivity contribution in [3.8, 4) is 0 Å². The van der Waals surface area contributed by atoms with E-state index in [-0.39, 0.29) is 6.04 Å². The van der Waals surface area contributed by atoms with Crippen molar-refractivity contribution >= 4 is 43.2 Å². The lowest BCUT2D eigenvalue weighted by Gasteiger charge is -2.15. The maximum absolute atomic E-state index is 5.58. The van der Waals surface area contributed by atoms with Crippen molar-refractivity contribution in [1.82, 2.24) is 5.32 Å². The summed E-state index contributed by atoms with van der Waals surface area (Å²) in [5.41, 5.74) is 0. The average Bonchev–Trinajstić information content (AvgIpc) is 2.80. The van der Waals surface area contributed by atoms with Gasteiger partial charge in [-0.3, -0.25) is 0 Å². The highest BCUT2D eigenvalue weighted by Gasteiger charge is 2.21. The van der Waals surface area contributed by atoms with Crippen LogP contribution in [0.3, 0.4) is 0 Å². The third kappa shape index (κ3) is 2.46. The largest absolute Gasteiger partial charge is 0.496 e. The zero-order valence-corrected chi connectivity index (χ0v) is 12.2. The molecular formula is C10H11Br2NOS. The molecule has 0 radical (unpaired) electrons. The Morgan fingerprint density at radius 1 is 1.53 bits per heavy atom. The molecule has 2 nitrogen and oxygen atoms in total. The molecule has 1 N–H and O–H groups in total. The highest BCUT2D eigenvalue weighted by molar-refractivity contribution is 9.13. The molecule has 1 aliphatic rings. The number of hydrogen-bond acceptors (Lipinski definition) is 3. The summed E-state index contributed by atoms with van der Waals surface area (Å²) in [5.74, 6) is 1.04. The van der Waals surface area contributed by atoms with Crippen LogP contribution in [0.4, 0.5) is 0 Å². The second kappa shape index (κ2) is 4.99. The Balaban J connectivity index is 2.26. The fraction of sp³-hybridized carbons (Fsp3) is 0.400. The van der Waals surface area contributed by atoms with Crippen LogP contribution in [0.25, 0.3) is 0 Å². The molecule has 15 heavy (non-hydrogen) atoms. The Morgan fingerprint density at radius 2 is 2.33 bits per heavy atom. The fourth-order valence-corrected chi connectivity index (χ4v) is 3.78. The molecule has 1 aliphatic heterocycles. The summed E-state index contributed by atoms with van der Waals surface area (Å²) in [6.07, 6.45) is 3.17. The second-order valence-corrected chi connectivity index (χ2v) is 6.49. The van der Waals surface area contributed by atoms with E-state index in [1.54, 1.807) is 11.3 Å². The quantitative estimate of drug-likeness (QED) is 0.892. The number of likely N-dealkylation sites (N-methyl/N-ethyl adjacent to an activating group) is 1. The molecule has 0 saturated carbocycles. The monoisotopic (exact) mass is 351 g/mol.